The van der Waals surface area contributed by atoms with Crippen LogP contribution in [0.2, 0.25) is 0 Å². The zero-order valence-electron chi connectivity index (χ0n) is 22.0. The first kappa shape index (κ1) is 25.7. The van der Waals surface area contributed by atoms with Gasteiger partial charge < -0.3 is 14.5 Å². The van der Waals surface area contributed by atoms with Crippen molar-refractivity contribution in [1.82, 2.24) is 9.80 Å². The quantitative estimate of drug-likeness (QED) is 0.336. The third kappa shape index (κ3) is 4.99. The molecule has 1 aliphatic carbocycles. The highest BCUT2D eigenvalue weighted by atomic mass is 16.5. The van der Waals surface area contributed by atoms with Gasteiger partial charge in [-0.2, -0.15) is 0 Å². The molecule has 5 rings (SSSR count). The second-order valence-corrected chi connectivity index (χ2v) is 10.9. The molecule has 3 amide bonds. The van der Waals surface area contributed by atoms with Crippen molar-refractivity contribution in [3.63, 3.8) is 0 Å². The van der Waals surface area contributed by atoms with Crippen LogP contribution in [0, 0.1) is 5.92 Å². The molecule has 3 fully saturated rings. The molecule has 37 heavy (non-hydrogen) atoms. The van der Waals surface area contributed by atoms with E-state index < -0.39 is 6.04 Å². The summed E-state index contributed by atoms with van der Waals surface area (Å²) in [6.45, 7) is 3.97. The van der Waals surface area contributed by atoms with Gasteiger partial charge in [0.15, 0.2) is 0 Å². The lowest BCUT2D eigenvalue weighted by molar-refractivity contribution is -0.158. The Hall–Kier alpha value is -2.90. The number of imide groups is 1. The van der Waals surface area contributed by atoms with Crippen LogP contribution in [-0.4, -0.2) is 71.8 Å². The zero-order chi connectivity index (χ0) is 25.9. The molecule has 200 valence electrons. The molecule has 1 aromatic rings. The van der Waals surface area contributed by atoms with Crippen LogP contribution in [0.4, 0.5) is 5.69 Å². The van der Waals surface area contributed by atoms with Crippen molar-refractivity contribution in [2.75, 3.05) is 31.1 Å². The minimum atomic E-state index is -0.477. The van der Waals surface area contributed by atoms with E-state index in [9.17, 15) is 19.2 Å². The SMILES string of the molecule is CCOC(=O)[C@@H]1CCCCN1C(=O)C1CCN(c2cccc3c2C(=O)N(C2CCCCCC2)C3=O)CC1. The van der Waals surface area contributed by atoms with E-state index in [4.69, 9.17) is 4.74 Å². The molecule has 8 nitrogen and oxygen atoms in total. The van der Waals surface area contributed by atoms with E-state index in [1.807, 2.05) is 12.1 Å². The van der Waals surface area contributed by atoms with Gasteiger partial charge in [-0.05, 0) is 64.0 Å². The van der Waals surface area contributed by atoms with Crippen LogP contribution >= 0.6 is 0 Å². The lowest BCUT2D eigenvalue weighted by Gasteiger charge is -2.39. The number of likely N-dealkylation sites (tertiary alicyclic amines) is 1. The Balaban J connectivity index is 1.28. The van der Waals surface area contributed by atoms with Crippen LogP contribution < -0.4 is 4.90 Å². The number of hydrogen-bond acceptors (Lipinski definition) is 6. The van der Waals surface area contributed by atoms with E-state index >= 15 is 0 Å². The van der Waals surface area contributed by atoms with Gasteiger partial charge in [-0.1, -0.05) is 31.7 Å². The maximum absolute atomic E-state index is 13.6. The van der Waals surface area contributed by atoms with Gasteiger partial charge in [-0.15, -0.1) is 0 Å². The first-order valence-electron chi connectivity index (χ1n) is 14.2. The maximum atomic E-state index is 13.6. The Morgan fingerprint density at radius 1 is 0.865 bits per heavy atom. The molecule has 1 atom stereocenters. The molecule has 1 aromatic carbocycles. The summed E-state index contributed by atoms with van der Waals surface area (Å²) in [5.74, 6) is -0.723. The minimum absolute atomic E-state index is 0.0111. The molecule has 2 saturated heterocycles. The maximum Gasteiger partial charge on any atom is 0.328 e. The number of fused-ring (bicyclic) bond motifs is 1. The summed E-state index contributed by atoms with van der Waals surface area (Å²) in [6.07, 6.45) is 10.0. The summed E-state index contributed by atoms with van der Waals surface area (Å²) >= 11 is 0. The predicted molar refractivity (Wildman–Crippen MR) is 139 cm³/mol. The average Bonchev–Trinajstić information content (AvgIpc) is 3.08. The highest BCUT2D eigenvalue weighted by molar-refractivity contribution is 6.24. The van der Waals surface area contributed by atoms with Gasteiger partial charge in [-0.25, -0.2) is 4.79 Å². The molecule has 1 saturated carbocycles. The fraction of sp³-hybridized carbons (Fsp3) is 0.655. The number of nitrogens with zero attached hydrogens (tertiary/aromatic N) is 3. The summed E-state index contributed by atoms with van der Waals surface area (Å²) in [5.41, 5.74) is 1.84. The van der Waals surface area contributed by atoms with Gasteiger partial charge in [0.25, 0.3) is 11.8 Å². The summed E-state index contributed by atoms with van der Waals surface area (Å²) in [5, 5.41) is 0. The van der Waals surface area contributed by atoms with Crippen molar-refractivity contribution >= 4 is 29.4 Å². The number of ether oxygens (including phenoxy) is 1. The number of amides is 3. The lowest BCUT2D eigenvalue weighted by Crippen LogP contribution is -2.52. The van der Waals surface area contributed by atoms with Crippen molar-refractivity contribution in [1.29, 1.82) is 0 Å². The Labute approximate surface area is 219 Å². The number of anilines is 1. The summed E-state index contributed by atoms with van der Waals surface area (Å²) in [6, 6.07) is 5.09. The Kier molecular flexibility index (Phi) is 7.81. The van der Waals surface area contributed by atoms with E-state index in [0.29, 0.717) is 56.6 Å². The molecular weight excluding hydrogens is 470 g/mol. The van der Waals surface area contributed by atoms with E-state index in [1.54, 1.807) is 17.9 Å². The number of piperidine rings is 2. The molecule has 4 aliphatic rings. The number of benzene rings is 1. The van der Waals surface area contributed by atoms with Crippen LogP contribution in [0.1, 0.15) is 98.3 Å². The topological polar surface area (TPSA) is 87.2 Å². The third-order valence-electron chi connectivity index (χ3n) is 8.64. The largest absolute Gasteiger partial charge is 0.464 e. The van der Waals surface area contributed by atoms with Gasteiger partial charge in [0.05, 0.1) is 23.4 Å². The fourth-order valence-corrected chi connectivity index (χ4v) is 6.68. The Morgan fingerprint density at radius 3 is 2.27 bits per heavy atom. The van der Waals surface area contributed by atoms with Crippen LogP contribution in [0.3, 0.4) is 0 Å². The van der Waals surface area contributed by atoms with Crippen LogP contribution in [-0.2, 0) is 14.3 Å². The van der Waals surface area contributed by atoms with E-state index in [-0.39, 0.29) is 35.7 Å². The van der Waals surface area contributed by atoms with Crippen LogP contribution in [0.25, 0.3) is 0 Å². The molecule has 0 radical (unpaired) electrons. The molecule has 0 unspecified atom stereocenters. The standard InChI is InChI=1S/C29H39N3O5/c1-2-37-29(36)24-13-7-8-17-31(24)26(33)20-15-18-30(19-16-20)23-14-9-12-22-25(23)28(35)32(27(22)34)21-10-5-3-4-6-11-21/h9,12,14,20-21,24H,2-8,10-11,13,15-19H2,1H3/t24-/m0/s1. The molecule has 8 heteroatoms. The molecule has 0 aromatic heterocycles. The van der Waals surface area contributed by atoms with Crippen molar-refractivity contribution in [2.45, 2.75) is 89.6 Å². The molecule has 0 N–H and O–H groups in total. The van der Waals surface area contributed by atoms with Gasteiger partial charge in [-0.3, -0.25) is 19.3 Å². The van der Waals surface area contributed by atoms with E-state index in [0.717, 1.165) is 57.1 Å². The normalized spacial score (nSPS) is 23.7. The van der Waals surface area contributed by atoms with Crippen molar-refractivity contribution in [2.24, 2.45) is 5.92 Å². The number of esters is 1. The highest BCUT2D eigenvalue weighted by Gasteiger charge is 2.43. The third-order valence-corrected chi connectivity index (χ3v) is 8.64. The summed E-state index contributed by atoms with van der Waals surface area (Å²) < 4.78 is 5.24. The summed E-state index contributed by atoms with van der Waals surface area (Å²) in [4.78, 5) is 58.2. The molecule has 3 aliphatic heterocycles. The number of carbonyl (C=O) groups excluding carboxylic acids is 4. The number of hydrogen-bond donors (Lipinski definition) is 0. The first-order chi connectivity index (χ1) is 18.0. The van der Waals surface area contributed by atoms with Crippen molar-refractivity contribution < 1.29 is 23.9 Å². The second-order valence-electron chi connectivity index (χ2n) is 10.9. The predicted octanol–water partition coefficient (Wildman–Crippen LogP) is 4.17. The van der Waals surface area contributed by atoms with Crippen LogP contribution in [0.15, 0.2) is 18.2 Å². The van der Waals surface area contributed by atoms with Crippen molar-refractivity contribution in [3.05, 3.63) is 29.3 Å². The molecular formula is C29H39N3O5. The molecule has 0 spiro atoms. The van der Waals surface area contributed by atoms with Gasteiger partial charge in [0.1, 0.15) is 6.04 Å². The number of carbonyl (C=O) groups is 4. The first-order valence-corrected chi connectivity index (χ1v) is 14.2. The Bertz CT molecular complexity index is 1040. The highest BCUT2D eigenvalue weighted by Crippen LogP contribution is 2.37. The second kappa shape index (κ2) is 11.2. The summed E-state index contributed by atoms with van der Waals surface area (Å²) in [7, 11) is 0. The minimum Gasteiger partial charge on any atom is -0.464 e. The smallest absolute Gasteiger partial charge is 0.328 e. The fourth-order valence-electron chi connectivity index (χ4n) is 6.68. The van der Waals surface area contributed by atoms with Gasteiger partial charge >= 0.3 is 5.97 Å². The van der Waals surface area contributed by atoms with Crippen LogP contribution in [0.5, 0.6) is 0 Å². The zero-order valence-corrected chi connectivity index (χ0v) is 22.0. The average molecular weight is 510 g/mol. The van der Waals surface area contributed by atoms with Crippen molar-refractivity contribution in [3.8, 4) is 0 Å². The van der Waals surface area contributed by atoms with Gasteiger partial charge in [0, 0.05) is 31.6 Å². The molecule has 0 bridgehead atoms. The van der Waals surface area contributed by atoms with Gasteiger partial charge in [0.2, 0.25) is 5.91 Å². The van der Waals surface area contributed by atoms with E-state index in [1.165, 1.54) is 4.90 Å². The Morgan fingerprint density at radius 2 is 1.57 bits per heavy atom. The number of rotatable bonds is 5. The van der Waals surface area contributed by atoms with E-state index in [2.05, 4.69) is 4.90 Å². The lowest BCUT2D eigenvalue weighted by atomic mass is 9.91. The molecule has 3 heterocycles. The monoisotopic (exact) mass is 509 g/mol.